The van der Waals surface area contributed by atoms with E-state index in [4.69, 9.17) is 14.2 Å². The zero-order valence-electron chi connectivity index (χ0n) is 20.9. The summed E-state index contributed by atoms with van der Waals surface area (Å²) in [5.41, 5.74) is 3.50. The minimum atomic E-state index is -0.233. The Bertz CT molecular complexity index is 745. The Balaban J connectivity index is 1.39. The van der Waals surface area contributed by atoms with Gasteiger partial charge < -0.3 is 14.2 Å². The maximum absolute atomic E-state index is 6.03. The van der Waals surface area contributed by atoms with Crippen molar-refractivity contribution in [2.75, 3.05) is 19.8 Å². The maximum Gasteiger partial charge on any atom is 0.183 e. The summed E-state index contributed by atoms with van der Waals surface area (Å²) in [7, 11) is 0. The second-order valence-corrected chi connectivity index (χ2v) is 9.48. The summed E-state index contributed by atoms with van der Waals surface area (Å²) in [6.07, 6.45) is 13.9. The van der Waals surface area contributed by atoms with E-state index in [9.17, 15) is 0 Å². The van der Waals surface area contributed by atoms with Crippen LogP contribution in [0.3, 0.4) is 0 Å². The van der Waals surface area contributed by atoms with Gasteiger partial charge in [-0.2, -0.15) is 0 Å². The van der Waals surface area contributed by atoms with Gasteiger partial charge in [0, 0.05) is 11.5 Å². The molecule has 0 unspecified atom stereocenters. The van der Waals surface area contributed by atoms with E-state index in [1.807, 2.05) is 0 Å². The van der Waals surface area contributed by atoms with E-state index in [1.165, 1.54) is 75.3 Å². The van der Waals surface area contributed by atoms with Gasteiger partial charge in [0.15, 0.2) is 6.29 Å². The van der Waals surface area contributed by atoms with Crippen LogP contribution in [0.2, 0.25) is 0 Å². The molecule has 0 N–H and O–H groups in total. The summed E-state index contributed by atoms with van der Waals surface area (Å²) in [4.78, 5) is 0. The highest BCUT2D eigenvalue weighted by atomic mass is 16.7. The first kappa shape index (κ1) is 25.8. The van der Waals surface area contributed by atoms with Crippen LogP contribution in [0.15, 0.2) is 48.5 Å². The highest BCUT2D eigenvalue weighted by Gasteiger charge is 2.23. The van der Waals surface area contributed by atoms with Crippen molar-refractivity contribution in [2.45, 2.75) is 90.8 Å². The van der Waals surface area contributed by atoms with Crippen LogP contribution in [0.4, 0.5) is 0 Å². The van der Waals surface area contributed by atoms with Crippen molar-refractivity contribution < 1.29 is 14.2 Å². The van der Waals surface area contributed by atoms with Gasteiger partial charge in [-0.25, -0.2) is 0 Å². The molecule has 0 aromatic heterocycles. The molecule has 2 aromatic carbocycles. The molecule has 0 spiro atoms. The first-order valence-electron chi connectivity index (χ1n) is 13.4. The first-order valence-corrected chi connectivity index (χ1v) is 13.4. The van der Waals surface area contributed by atoms with Crippen LogP contribution < -0.4 is 4.74 Å². The lowest BCUT2D eigenvalue weighted by molar-refractivity contribution is -0.206. The molecule has 0 bridgehead atoms. The third-order valence-electron chi connectivity index (χ3n) is 6.57. The van der Waals surface area contributed by atoms with Crippen molar-refractivity contribution in [1.29, 1.82) is 0 Å². The Labute approximate surface area is 201 Å². The normalized spacial score (nSPS) is 18.4. The van der Waals surface area contributed by atoms with Gasteiger partial charge in [-0.1, -0.05) is 108 Å². The lowest BCUT2D eigenvalue weighted by atomic mass is 10.0. The average molecular weight is 453 g/mol. The van der Waals surface area contributed by atoms with Gasteiger partial charge in [0.1, 0.15) is 5.75 Å². The van der Waals surface area contributed by atoms with Crippen LogP contribution in [-0.2, 0) is 9.47 Å². The molecule has 3 heteroatoms. The van der Waals surface area contributed by atoms with E-state index in [0.717, 1.165) is 37.6 Å². The van der Waals surface area contributed by atoms with Gasteiger partial charge >= 0.3 is 0 Å². The highest BCUT2D eigenvalue weighted by molar-refractivity contribution is 5.64. The minimum Gasteiger partial charge on any atom is -0.494 e. The zero-order chi connectivity index (χ0) is 23.1. The summed E-state index contributed by atoms with van der Waals surface area (Å²) >= 11 is 0. The minimum absolute atomic E-state index is 0.233. The Morgan fingerprint density at radius 3 is 1.85 bits per heavy atom. The summed E-state index contributed by atoms with van der Waals surface area (Å²) in [6.45, 7) is 6.92. The largest absolute Gasteiger partial charge is 0.494 e. The first-order chi connectivity index (χ1) is 16.3. The fourth-order valence-corrected chi connectivity index (χ4v) is 4.41. The monoisotopic (exact) mass is 452 g/mol. The van der Waals surface area contributed by atoms with E-state index in [1.54, 1.807) is 0 Å². The molecule has 0 saturated carbocycles. The van der Waals surface area contributed by atoms with Crippen LogP contribution >= 0.6 is 0 Å². The molecule has 0 radical (unpaired) electrons. The fourth-order valence-electron chi connectivity index (χ4n) is 4.41. The zero-order valence-corrected chi connectivity index (χ0v) is 20.9. The van der Waals surface area contributed by atoms with Crippen molar-refractivity contribution in [2.24, 2.45) is 5.92 Å². The summed E-state index contributed by atoms with van der Waals surface area (Å²) in [5, 5.41) is 0. The molecule has 1 saturated heterocycles. The standard InChI is InChI=1S/C30H44O3/c1-3-5-7-9-10-12-22-31-29-20-18-27(19-21-29)26-14-16-28(17-15-26)30-32-23-25(24-33-30)13-11-8-6-4-2/h14-21,25,30H,3-13,22-24H2,1-2H3/t25-,30-. The van der Waals surface area contributed by atoms with Gasteiger partial charge in [0.2, 0.25) is 0 Å². The molecule has 0 amide bonds. The van der Waals surface area contributed by atoms with Gasteiger partial charge in [-0.15, -0.1) is 0 Å². The molecule has 2 aromatic rings. The van der Waals surface area contributed by atoms with Crippen molar-refractivity contribution >= 4 is 0 Å². The van der Waals surface area contributed by atoms with Crippen LogP contribution in [0.5, 0.6) is 5.75 Å². The van der Waals surface area contributed by atoms with Crippen molar-refractivity contribution in [3.8, 4) is 16.9 Å². The SMILES string of the molecule is CCCCCCCCOc1ccc(-c2ccc([C@H]3OC[C@H](CCCCCC)CO3)cc2)cc1. The average Bonchev–Trinajstić information content (AvgIpc) is 2.87. The predicted molar refractivity (Wildman–Crippen MR) is 138 cm³/mol. The number of benzene rings is 2. The molecule has 1 aliphatic rings. The second-order valence-electron chi connectivity index (χ2n) is 9.48. The third-order valence-corrected chi connectivity index (χ3v) is 6.57. The highest BCUT2D eigenvalue weighted by Crippen LogP contribution is 2.29. The van der Waals surface area contributed by atoms with Crippen molar-refractivity contribution in [3.05, 3.63) is 54.1 Å². The number of ether oxygens (including phenoxy) is 3. The van der Waals surface area contributed by atoms with E-state index in [-0.39, 0.29) is 6.29 Å². The number of unbranched alkanes of at least 4 members (excludes halogenated alkanes) is 8. The lowest BCUT2D eigenvalue weighted by Gasteiger charge is -2.29. The smallest absolute Gasteiger partial charge is 0.183 e. The van der Waals surface area contributed by atoms with Crippen LogP contribution in [0, 0.1) is 5.92 Å². The lowest BCUT2D eigenvalue weighted by Crippen LogP contribution is -2.27. The van der Waals surface area contributed by atoms with Gasteiger partial charge in [-0.3, -0.25) is 0 Å². The molecule has 33 heavy (non-hydrogen) atoms. The number of rotatable bonds is 15. The maximum atomic E-state index is 6.03. The molecule has 0 aliphatic carbocycles. The molecule has 182 valence electrons. The Morgan fingerprint density at radius 1 is 0.667 bits per heavy atom. The molecule has 1 heterocycles. The van der Waals surface area contributed by atoms with Crippen LogP contribution in [0.25, 0.3) is 11.1 Å². The third kappa shape index (κ3) is 9.14. The van der Waals surface area contributed by atoms with Gasteiger partial charge in [-0.05, 0) is 36.1 Å². The number of hydrogen-bond donors (Lipinski definition) is 0. The van der Waals surface area contributed by atoms with Crippen molar-refractivity contribution in [1.82, 2.24) is 0 Å². The van der Waals surface area contributed by atoms with Gasteiger partial charge in [0.25, 0.3) is 0 Å². The summed E-state index contributed by atoms with van der Waals surface area (Å²) in [5.74, 6) is 1.50. The van der Waals surface area contributed by atoms with E-state index in [0.29, 0.717) is 5.92 Å². The number of hydrogen-bond acceptors (Lipinski definition) is 3. The van der Waals surface area contributed by atoms with E-state index >= 15 is 0 Å². The Morgan fingerprint density at radius 2 is 1.21 bits per heavy atom. The van der Waals surface area contributed by atoms with Crippen LogP contribution in [0.1, 0.15) is 96.3 Å². The van der Waals surface area contributed by atoms with Crippen LogP contribution in [-0.4, -0.2) is 19.8 Å². The molecule has 3 nitrogen and oxygen atoms in total. The van der Waals surface area contributed by atoms with Crippen molar-refractivity contribution in [3.63, 3.8) is 0 Å². The predicted octanol–water partition coefficient (Wildman–Crippen LogP) is 8.72. The molecule has 3 rings (SSSR count). The molecular weight excluding hydrogens is 408 g/mol. The fraction of sp³-hybridized carbons (Fsp3) is 0.600. The van der Waals surface area contributed by atoms with E-state index < -0.39 is 0 Å². The topological polar surface area (TPSA) is 27.7 Å². The summed E-state index contributed by atoms with van der Waals surface area (Å²) < 4.78 is 18.0. The molecular formula is C30H44O3. The Hall–Kier alpha value is -1.84. The van der Waals surface area contributed by atoms with Gasteiger partial charge in [0.05, 0.1) is 19.8 Å². The van der Waals surface area contributed by atoms with E-state index in [2.05, 4.69) is 62.4 Å². The molecule has 1 fully saturated rings. The summed E-state index contributed by atoms with van der Waals surface area (Å²) in [6, 6.07) is 17.0. The molecule has 1 aliphatic heterocycles. The Kier molecular flexibility index (Phi) is 11.8. The second kappa shape index (κ2) is 15.1. The molecule has 0 atom stereocenters. The quantitative estimate of drug-likeness (QED) is 0.253.